The van der Waals surface area contributed by atoms with Crippen LogP contribution >= 0.6 is 0 Å². The van der Waals surface area contributed by atoms with Crippen LogP contribution in [0.3, 0.4) is 0 Å². The van der Waals surface area contributed by atoms with E-state index in [-0.39, 0.29) is 5.96 Å². The second kappa shape index (κ2) is 8.92. The van der Waals surface area contributed by atoms with Gasteiger partial charge in [-0.3, -0.25) is 0 Å². The van der Waals surface area contributed by atoms with E-state index in [0.29, 0.717) is 28.4 Å². The SMILES string of the molecule is COc1cc(N)ccc1/C=N/N=C(/N)N/N=C/c1ccc(N)cc1OC. The molecule has 0 fully saturated rings. The van der Waals surface area contributed by atoms with E-state index in [1.807, 2.05) is 0 Å². The average Bonchev–Trinajstić information content (AvgIpc) is 2.63. The maximum Gasteiger partial charge on any atom is 0.234 e. The van der Waals surface area contributed by atoms with Crippen LogP contribution in [-0.2, 0) is 0 Å². The molecule has 0 aromatic heterocycles. The van der Waals surface area contributed by atoms with E-state index in [2.05, 4.69) is 20.7 Å². The number of methoxy groups -OCH3 is 2. The number of hydrogen-bond donors (Lipinski definition) is 4. The largest absolute Gasteiger partial charge is 0.496 e. The quantitative estimate of drug-likeness (QED) is 0.264. The fraction of sp³-hybridized carbons (Fsp3) is 0.118. The molecule has 0 bridgehead atoms. The monoisotopic (exact) mass is 355 g/mol. The Morgan fingerprint density at radius 2 is 1.46 bits per heavy atom. The number of nitrogens with two attached hydrogens (primary N) is 3. The predicted molar refractivity (Wildman–Crippen MR) is 105 cm³/mol. The molecule has 0 aliphatic rings. The molecule has 0 atom stereocenters. The van der Waals surface area contributed by atoms with Crippen LogP contribution in [0.2, 0.25) is 0 Å². The van der Waals surface area contributed by atoms with Gasteiger partial charge in [0.05, 0.1) is 26.6 Å². The average molecular weight is 355 g/mol. The Morgan fingerprint density at radius 3 is 2.00 bits per heavy atom. The van der Waals surface area contributed by atoms with E-state index >= 15 is 0 Å². The molecule has 2 aromatic carbocycles. The van der Waals surface area contributed by atoms with Gasteiger partial charge in [-0.25, -0.2) is 5.43 Å². The zero-order valence-electron chi connectivity index (χ0n) is 14.5. The van der Waals surface area contributed by atoms with Gasteiger partial charge in [0.25, 0.3) is 0 Å². The van der Waals surface area contributed by atoms with Crippen molar-refractivity contribution in [2.24, 2.45) is 21.0 Å². The van der Waals surface area contributed by atoms with Crippen LogP contribution in [0.1, 0.15) is 11.1 Å². The van der Waals surface area contributed by atoms with E-state index in [1.54, 1.807) is 50.6 Å². The summed E-state index contributed by atoms with van der Waals surface area (Å²) in [5, 5.41) is 11.7. The normalized spacial score (nSPS) is 11.8. The van der Waals surface area contributed by atoms with Crippen molar-refractivity contribution < 1.29 is 9.47 Å². The fourth-order valence-electron chi connectivity index (χ4n) is 2.01. The van der Waals surface area contributed by atoms with Crippen molar-refractivity contribution in [3.8, 4) is 11.5 Å². The lowest BCUT2D eigenvalue weighted by Crippen LogP contribution is -2.26. The summed E-state index contributed by atoms with van der Waals surface area (Å²) in [7, 11) is 3.10. The molecule has 0 saturated heterocycles. The number of ether oxygens (including phenoxy) is 2. The number of anilines is 2. The number of nitrogens with one attached hydrogen (secondary N) is 1. The number of benzene rings is 2. The molecule has 136 valence electrons. The Bertz CT molecular complexity index is 847. The third kappa shape index (κ3) is 5.13. The number of hydrogen-bond acceptors (Lipinski definition) is 7. The number of hydrazone groups is 1. The molecule has 7 N–H and O–H groups in total. The van der Waals surface area contributed by atoms with Gasteiger partial charge >= 0.3 is 0 Å². The molecule has 0 aliphatic heterocycles. The van der Waals surface area contributed by atoms with E-state index in [0.717, 1.165) is 5.56 Å². The highest BCUT2D eigenvalue weighted by molar-refractivity contribution is 5.87. The van der Waals surface area contributed by atoms with Crippen LogP contribution in [0, 0.1) is 0 Å². The number of guanidine groups is 1. The van der Waals surface area contributed by atoms with Gasteiger partial charge in [0.15, 0.2) is 0 Å². The summed E-state index contributed by atoms with van der Waals surface area (Å²) in [6.45, 7) is 0. The topological polar surface area (TPSA) is 146 Å². The van der Waals surface area contributed by atoms with Crippen molar-refractivity contribution >= 4 is 29.8 Å². The van der Waals surface area contributed by atoms with Gasteiger partial charge in [-0.1, -0.05) is 0 Å². The van der Waals surface area contributed by atoms with Crippen LogP contribution in [0.15, 0.2) is 51.7 Å². The molecular formula is C17H21N7O2. The molecule has 26 heavy (non-hydrogen) atoms. The minimum Gasteiger partial charge on any atom is -0.496 e. The Hall–Kier alpha value is -3.75. The predicted octanol–water partition coefficient (Wildman–Crippen LogP) is 1.14. The Labute approximate surface area is 151 Å². The summed E-state index contributed by atoms with van der Waals surface area (Å²) in [5.41, 5.74) is 22.3. The molecule has 9 nitrogen and oxygen atoms in total. The lowest BCUT2D eigenvalue weighted by molar-refractivity contribution is 0.414. The minimum absolute atomic E-state index is 0.0151. The molecule has 2 rings (SSSR count). The smallest absolute Gasteiger partial charge is 0.234 e. The highest BCUT2D eigenvalue weighted by Crippen LogP contribution is 2.20. The van der Waals surface area contributed by atoms with Crippen LogP contribution < -0.4 is 32.1 Å². The van der Waals surface area contributed by atoms with E-state index in [9.17, 15) is 0 Å². The zero-order valence-corrected chi connectivity index (χ0v) is 14.5. The molecule has 0 unspecified atom stereocenters. The van der Waals surface area contributed by atoms with Crippen LogP contribution in [-0.4, -0.2) is 32.6 Å². The van der Waals surface area contributed by atoms with Crippen LogP contribution in [0.25, 0.3) is 0 Å². The molecule has 0 amide bonds. The van der Waals surface area contributed by atoms with Crippen LogP contribution in [0.4, 0.5) is 11.4 Å². The molecule has 0 radical (unpaired) electrons. The Morgan fingerprint density at radius 1 is 0.923 bits per heavy atom. The van der Waals surface area contributed by atoms with Crippen molar-refractivity contribution in [2.45, 2.75) is 0 Å². The second-order valence-corrected chi connectivity index (χ2v) is 5.10. The number of nitrogens with zero attached hydrogens (tertiary/aromatic N) is 3. The van der Waals surface area contributed by atoms with Crippen molar-refractivity contribution in [1.29, 1.82) is 0 Å². The Balaban J connectivity index is 2.00. The van der Waals surface area contributed by atoms with Gasteiger partial charge in [-0.05, 0) is 24.3 Å². The van der Waals surface area contributed by atoms with E-state index in [1.165, 1.54) is 12.4 Å². The number of nitrogen functional groups attached to an aromatic ring is 2. The van der Waals surface area contributed by atoms with Gasteiger partial charge in [-0.15, -0.1) is 5.10 Å². The second-order valence-electron chi connectivity index (χ2n) is 5.10. The summed E-state index contributed by atoms with van der Waals surface area (Å²) in [6.07, 6.45) is 3.03. The van der Waals surface area contributed by atoms with Gasteiger partial charge in [0, 0.05) is 34.6 Å². The summed E-state index contributed by atoms with van der Waals surface area (Å²) >= 11 is 0. The molecular weight excluding hydrogens is 334 g/mol. The lowest BCUT2D eigenvalue weighted by Gasteiger charge is -2.05. The molecule has 0 aliphatic carbocycles. The highest BCUT2D eigenvalue weighted by Gasteiger charge is 2.01. The first-order valence-electron chi connectivity index (χ1n) is 7.56. The highest BCUT2D eigenvalue weighted by atomic mass is 16.5. The van der Waals surface area contributed by atoms with Gasteiger partial charge < -0.3 is 26.7 Å². The zero-order chi connectivity index (χ0) is 18.9. The molecule has 0 spiro atoms. The van der Waals surface area contributed by atoms with Gasteiger partial charge in [0.1, 0.15) is 11.5 Å². The fourth-order valence-corrected chi connectivity index (χ4v) is 2.01. The van der Waals surface area contributed by atoms with E-state index in [4.69, 9.17) is 26.7 Å². The maximum absolute atomic E-state index is 5.70. The Kier molecular flexibility index (Phi) is 6.38. The van der Waals surface area contributed by atoms with Crippen molar-refractivity contribution in [3.63, 3.8) is 0 Å². The number of rotatable bonds is 6. The van der Waals surface area contributed by atoms with Crippen molar-refractivity contribution in [3.05, 3.63) is 47.5 Å². The lowest BCUT2D eigenvalue weighted by atomic mass is 10.2. The van der Waals surface area contributed by atoms with E-state index < -0.39 is 0 Å². The standard InChI is InChI=1S/C17H21N7O2/c1-25-15-7-13(18)5-3-11(15)9-21-23-17(20)24-22-10-12-4-6-14(19)8-16(12)26-2/h3-10H,18-19H2,1-2H3,(H3,20,23,24)/b21-9+,22-10+. The third-order valence-electron chi connectivity index (χ3n) is 3.26. The molecule has 0 heterocycles. The van der Waals surface area contributed by atoms with Crippen LogP contribution in [0.5, 0.6) is 11.5 Å². The molecule has 9 heteroatoms. The summed E-state index contributed by atoms with van der Waals surface area (Å²) < 4.78 is 10.4. The van der Waals surface area contributed by atoms with Crippen molar-refractivity contribution in [1.82, 2.24) is 5.43 Å². The summed E-state index contributed by atoms with van der Waals surface area (Å²) in [6, 6.07) is 10.4. The summed E-state index contributed by atoms with van der Waals surface area (Å²) in [5.74, 6) is 1.20. The molecule has 2 aromatic rings. The minimum atomic E-state index is 0.0151. The maximum atomic E-state index is 5.70. The van der Waals surface area contributed by atoms with Crippen molar-refractivity contribution in [2.75, 3.05) is 25.7 Å². The molecule has 0 saturated carbocycles. The first-order valence-corrected chi connectivity index (χ1v) is 7.56. The third-order valence-corrected chi connectivity index (χ3v) is 3.26. The first kappa shape index (κ1) is 18.6. The summed E-state index contributed by atoms with van der Waals surface area (Å²) in [4.78, 5) is 0. The first-order chi connectivity index (χ1) is 12.5. The van der Waals surface area contributed by atoms with Gasteiger partial charge in [-0.2, -0.15) is 10.2 Å². The van der Waals surface area contributed by atoms with Gasteiger partial charge in [0.2, 0.25) is 5.96 Å².